The minimum absolute atomic E-state index is 0.478. The number of nitrogens with zero attached hydrogens (tertiary/aromatic N) is 1. The second-order valence-corrected chi connectivity index (χ2v) is 5.97. The molecule has 0 amide bonds. The molecular formula is C15H21ClN2O. The minimum Gasteiger partial charge on any atom is -0.379 e. The summed E-state index contributed by atoms with van der Waals surface area (Å²) in [6.07, 6.45) is 3.71. The van der Waals surface area contributed by atoms with Crippen LogP contribution in [0.1, 0.15) is 24.8 Å². The van der Waals surface area contributed by atoms with Gasteiger partial charge < -0.3 is 15.0 Å². The Morgan fingerprint density at radius 3 is 2.84 bits per heavy atom. The Bertz CT molecular complexity index is 442. The van der Waals surface area contributed by atoms with Crippen molar-refractivity contribution in [2.75, 3.05) is 25.2 Å². The van der Waals surface area contributed by atoms with Crippen LogP contribution in [0.15, 0.2) is 18.2 Å². The molecule has 1 atom stereocenters. The first-order chi connectivity index (χ1) is 9.24. The van der Waals surface area contributed by atoms with Crippen molar-refractivity contribution in [2.45, 2.75) is 37.9 Å². The smallest absolute Gasteiger partial charge is 0.0670 e. The van der Waals surface area contributed by atoms with Gasteiger partial charge in [0.2, 0.25) is 0 Å². The molecule has 4 heteroatoms. The Balaban J connectivity index is 1.66. The molecular weight excluding hydrogens is 260 g/mol. The molecule has 1 aliphatic heterocycles. The molecule has 1 aliphatic carbocycles. The van der Waals surface area contributed by atoms with Crippen molar-refractivity contribution in [1.29, 1.82) is 0 Å². The number of hydrogen-bond acceptors (Lipinski definition) is 3. The number of rotatable bonds is 5. The van der Waals surface area contributed by atoms with Crippen molar-refractivity contribution in [3.05, 3.63) is 28.8 Å². The monoisotopic (exact) mass is 280 g/mol. The SMILES string of the molecule is CN(c1ccc(CNC2CC2)c(Cl)c1)C1CCOC1. The van der Waals surface area contributed by atoms with E-state index in [9.17, 15) is 0 Å². The number of ether oxygens (including phenoxy) is 1. The average molecular weight is 281 g/mol. The molecule has 1 heterocycles. The van der Waals surface area contributed by atoms with Crippen molar-refractivity contribution in [1.82, 2.24) is 5.32 Å². The Kier molecular flexibility index (Phi) is 3.96. The zero-order chi connectivity index (χ0) is 13.2. The van der Waals surface area contributed by atoms with E-state index in [4.69, 9.17) is 16.3 Å². The van der Waals surface area contributed by atoms with Crippen LogP contribution in [-0.4, -0.2) is 32.3 Å². The molecule has 3 nitrogen and oxygen atoms in total. The Morgan fingerprint density at radius 1 is 1.37 bits per heavy atom. The number of halogens is 1. The highest BCUT2D eigenvalue weighted by Crippen LogP contribution is 2.27. The van der Waals surface area contributed by atoms with Gasteiger partial charge in [-0.3, -0.25) is 0 Å². The normalized spacial score (nSPS) is 22.7. The lowest BCUT2D eigenvalue weighted by molar-refractivity contribution is 0.193. The minimum atomic E-state index is 0.478. The summed E-state index contributed by atoms with van der Waals surface area (Å²) < 4.78 is 5.44. The molecule has 1 unspecified atom stereocenters. The van der Waals surface area contributed by atoms with Crippen molar-refractivity contribution in [3.63, 3.8) is 0 Å². The average Bonchev–Trinajstić information content (AvgIpc) is 3.08. The molecule has 2 aliphatic rings. The molecule has 0 aromatic heterocycles. The van der Waals surface area contributed by atoms with Gasteiger partial charge in [-0.1, -0.05) is 17.7 Å². The quantitative estimate of drug-likeness (QED) is 0.898. The Labute approximate surface area is 119 Å². The number of anilines is 1. The van der Waals surface area contributed by atoms with Gasteiger partial charge in [-0.25, -0.2) is 0 Å². The van der Waals surface area contributed by atoms with Crippen LogP contribution in [0.5, 0.6) is 0 Å². The lowest BCUT2D eigenvalue weighted by atomic mass is 10.1. The van der Waals surface area contributed by atoms with Crippen LogP contribution in [0.3, 0.4) is 0 Å². The molecule has 1 aromatic rings. The molecule has 3 rings (SSSR count). The highest BCUT2D eigenvalue weighted by molar-refractivity contribution is 6.31. The summed E-state index contributed by atoms with van der Waals surface area (Å²) in [6, 6.07) is 7.57. The van der Waals surface area contributed by atoms with Crippen LogP contribution in [0.4, 0.5) is 5.69 Å². The highest BCUT2D eigenvalue weighted by Gasteiger charge is 2.22. The van der Waals surface area contributed by atoms with E-state index in [1.54, 1.807) is 0 Å². The van der Waals surface area contributed by atoms with Crippen LogP contribution in [0, 0.1) is 0 Å². The molecule has 0 radical (unpaired) electrons. The van der Waals surface area contributed by atoms with Crippen molar-refractivity contribution in [2.24, 2.45) is 0 Å². The fourth-order valence-corrected chi connectivity index (χ4v) is 2.72. The van der Waals surface area contributed by atoms with Crippen LogP contribution in [0.25, 0.3) is 0 Å². The lowest BCUT2D eigenvalue weighted by Gasteiger charge is -2.26. The van der Waals surface area contributed by atoms with Crippen molar-refractivity contribution < 1.29 is 4.74 Å². The fourth-order valence-electron chi connectivity index (χ4n) is 2.48. The molecule has 1 aromatic carbocycles. The molecule has 0 spiro atoms. The Hall–Kier alpha value is -0.770. The van der Waals surface area contributed by atoms with Gasteiger partial charge in [0, 0.05) is 37.0 Å². The van der Waals surface area contributed by atoms with Gasteiger partial charge >= 0.3 is 0 Å². The number of hydrogen-bond donors (Lipinski definition) is 1. The maximum Gasteiger partial charge on any atom is 0.0670 e. The molecule has 1 saturated carbocycles. The fraction of sp³-hybridized carbons (Fsp3) is 0.600. The molecule has 2 fully saturated rings. The topological polar surface area (TPSA) is 24.5 Å². The van der Waals surface area contributed by atoms with Crippen LogP contribution >= 0.6 is 11.6 Å². The van der Waals surface area contributed by atoms with Gasteiger partial charge in [-0.2, -0.15) is 0 Å². The summed E-state index contributed by atoms with van der Waals surface area (Å²) in [5, 5.41) is 4.36. The maximum absolute atomic E-state index is 6.39. The van der Waals surface area contributed by atoms with E-state index in [0.717, 1.165) is 31.2 Å². The van der Waals surface area contributed by atoms with E-state index in [-0.39, 0.29) is 0 Å². The first-order valence-electron chi connectivity index (χ1n) is 7.06. The summed E-state index contributed by atoms with van der Waals surface area (Å²) in [6.45, 7) is 2.56. The zero-order valence-electron chi connectivity index (χ0n) is 11.4. The van der Waals surface area contributed by atoms with E-state index < -0.39 is 0 Å². The van der Waals surface area contributed by atoms with E-state index >= 15 is 0 Å². The van der Waals surface area contributed by atoms with Gasteiger partial charge in [-0.15, -0.1) is 0 Å². The van der Waals surface area contributed by atoms with Crippen molar-refractivity contribution >= 4 is 17.3 Å². The van der Waals surface area contributed by atoms with E-state index in [1.165, 1.54) is 24.1 Å². The number of benzene rings is 1. The number of nitrogens with one attached hydrogen (secondary N) is 1. The van der Waals surface area contributed by atoms with Crippen LogP contribution in [0.2, 0.25) is 5.02 Å². The highest BCUT2D eigenvalue weighted by atomic mass is 35.5. The first-order valence-corrected chi connectivity index (χ1v) is 7.44. The predicted molar refractivity (Wildman–Crippen MR) is 78.9 cm³/mol. The Morgan fingerprint density at radius 2 is 2.21 bits per heavy atom. The standard InChI is InChI=1S/C15H21ClN2O/c1-18(14-6-7-19-10-14)13-5-2-11(15(16)8-13)9-17-12-3-4-12/h2,5,8,12,14,17H,3-4,6-7,9-10H2,1H3. The number of likely N-dealkylation sites (N-methyl/N-ethyl adjacent to an activating group) is 1. The van der Waals surface area contributed by atoms with Gasteiger partial charge in [-0.05, 0) is 37.0 Å². The molecule has 104 valence electrons. The summed E-state index contributed by atoms with van der Waals surface area (Å²) >= 11 is 6.39. The first kappa shape index (κ1) is 13.2. The molecule has 1 N–H and O–H groups in total. The molecule has 19 heavy (non-hydrogen) atoms. The lowest BCUT2D eigenvalue weighted by Crippen LogP contribution is -2.31. The third-order valence-electron chi connectivity index (χ3n) is 4.06. The van der Waals surface area contributed by atoms with Crippen LogP contribution < -0.4 is 10.2 Å². The molecule has 1 saturated heterocycles. The largest absolute Gasteiger partial charge is 0.379 e. The van der Waals surface area contributed by atoms with Gasteiger partial charge in [0.15, 0.2) is 0 Å². The zero-order valence-corrected chi connectivity index (χ0v) is 12.1. The van der Waals surface area contributed by atoms with Gasteiger partial charge in [0.1, 0.15) is 0 Å². The van der Waals surface area contributed by atoms with Crippen LogP contribution in [-0.2, 0) is 11.3 Å². The van der Waals surface area contributed by atoms with E-state index in [1.807, 2.05) is 0 Å². The maximum atomic E-state index is 6.39. The van der Waals surface area contributed by atoms with E-state index in [0.29, 0.717) is 12.1 Å². The third-order valence-corrected chi connectivity index (χ3v) is 4.41. The predicted octanol–water partition coefficient (Wildman–Crippen LogP) is 2.82. The second kappa shape index (κ2) is 5.70. The second-order valence-electron chi connectivity index (χ2n) is 5.56. The summed E-state index contributed by atoms with van der Waals surface area (Å²) in [5.41, 5.74) is 2.36. The van der Waals surface area contributed by atoms with Gasteiger partial charge in [0.05, 0.1) is 12.6 Å². The summed E-state index contributed by atoms with van der Waals surface area (Å²) in [4.78, 5) is 2.27. The summed E-state index contributed by atoms with van der Waals surface area (Å²) in [5.74, 6) is 0. The third kappa shape index (κ3) is 3.22. The molecule has 0 bridgehead atoms. The summed E-state index contributed by atoms with van der Waals surface area (Å²) in [7, 11) is 2.12. The van der Waals surface area contributed by atoms with Gasteiger partial charge in [0.25, 0.3) is 0 Å². The van der Waals surface area contributed by atoms with E-state index in [2.05, 4.69) is 35.5 Å². The van der Waals surface area contributed by atoms with Crippen molar-refractivity contribution in [3.8, 4) is 0 Å².